The Morgan fingerprint density at radius 1 is 1.05 bits per heavy atom. The summed E-state index contributed by atoms with van der Waals surface area (Å²) in [6, 6.07) is 20.6. The van der Waals surface area contributed by atoms with Crippen molar-refractivity contribution >= 4 is 0 Å². The first-order valence-electron chi connectivity index (χ1n) is 6.41. The fourth-order valence-corrected chi connectivity index (χ4v) is 2.14. The summed E-state index contributed by atoms with van der Waals surface area (Å²) in [7, 11) is 1.99. The van der Waals surface area contributed by atoms with Crippen LogP contribution in [-0.4, -0.2) is 11.9 Å². The zero-order chi connectivity index (χ0) is 13.7. The van der Waals surface area contributed by atoms with Gasteiger partial charge in [0.2, 0.25) is 0 Å². The van der Waals surface area contributed by atoms with Gasteiger partial charge in [0.15, 0.2) is 0 Å². The van der Waals surface area contributed by atoms with Crippen molar-refractivity contribution in [2.24, 2.45) is 0 Å². The lowest BCUT2D eigenvalue weighted by molar-refractivity contribution is 0.283. The van der Waals surface area contributed by atoms with Gasteiger partial charge in [0.25, 0.3) is 0 Å². The van der Waals surface area contributed by atoms with E-state index in [2.05, 4.69) is 42.2 Å². The molecule has 0 saturated heterocycles. The van der Waals surface area contributed by atoms with Crippen molar-refractivity contribution in [2.45, 2.75) is 19.5 Å². The maximum absolute atomic E-state index is 9.41. The molecule has 0 bridgehead atoms. The molecule has 0 fully saturated rings. The van der Waals surface area contributed by atoms with Gasteiger partial charge in [-0.3, -0.25) is 4.90 Å². The highest BCUT2D eigenvalue weighted by Gasteiger charge is 2.16. The van der Waals surface area contributed by atoms with Crippen LogP contribution >= 0.6 is 0 Å². The lowest BCUT2D eigenvalue weighted by Crippen LogP contribution is -2.23. The lowest BCUT2D eigenvalue weighted by atomic mass is 10.0. The minimum absolute atomic E-state index is 0.208. The predicted octanol–water partition coefficient (Wildman–Crippen LogP) is 3.69. The third-order valence-corrected chi connectivity index (χ3v) is 3.23. The van der Waals surface area contributed by atoms with Gasteiger partial charge < -0.3 is 0 Å². The molecule has 0 saturated carbocycles. The fraction of sp³-hybridized carbons (Fsp3) is 0.235. The highest BCUT2D eigenvalue weighted by Crippen LogP contribution is 2.20. The Hall–Kier alpha value is -2.11. The van der Waals surface area contributed by atoms with Crippen molar-refractivity contribution in [3.63, 3.8) is 0 Å². The molecule has 0 N–H and O–H groups in total. The number of aryl methyl sites for hydroxylation is 1. The summed E-state index contributed by atoms with van der Waals surface area (Å²) < 4.78 is 0. The summed E-state index contributed by atoms with van der Waals surface area (Å²) in [6.07, 6.45) is 0. The van der Waals surface area contributed by atoms with Crippen LogP contribution in [0, 0.1) is 18.3 Å². The largest absolute Gasteiger partial charge is 0.283 e. The summed E-state index contributed by atoms with van der Waals surface area (Å²) in [5, 5.41) is 9.41. The van der Waals surface area contributed by atoms with E-state index < -0.39 is 0 Å². The average molecular weight is 250 g/mol. The van der Waals surface area contributed by atoms with Crippen molar-refractivity contribution in [1.29, 1.82) is 5.26 Å². The Morgan fingerprint density at radius 3 is 2.26 bits per heavy atom. The van der Waals surface area contributed by atoms with Crippen LogP contribution in [0.4, 0.5) is 0 Å². The molecule has 0 heterocycles. The smallest absolute Gasteiger partial charge is 0.123 e. The fourth-order valence-electron chi connectivity index (χ4n) is 2.14. The number of hydrogen-bond acceptors (Lipinski definition) is 2. The highest BCUT2D eigenvalue weighted by atomic mass is 15.1. The van der Waals surface area contributed by atoms with Gasteiger partial charge >= 0.3 is 0 Å². The van der Waals surface area contributed by atoms with Gasteiger partial charge in [-0.2, -0.15) is 5.26 Å². The summed E-state index contributed by atoms with van der Waals surface area (Å²) in [4.78, 5) is 2.07. The molecule has 0 amide bonds. The van der Waals surface area contributed by atoms with Crippen LogP contribution in [0.5, 0.6) is 0 Å². The predicted molar refractivity (Wildman–Crippen MR) is 77.4 cm³/mol. The van der Waals surface area contributed by atoms with E-state index in [4.69, 9.17) is 0 Å². The zero-order valence-corrected chi connectivity index (χ0v) is 11.4. The van der Waals surface area contributed by atoms with E-state index in [1.165, 1.54) is 11.1 Å². The molecule has 0 aliphatic heterocycles. The number of rotatable bonds is 4. The van der Waals surface area contributed by atoms with E-state index in [1.54, 1.807) is 0 Å². The third-order valence-electron chi connectivity index (χ3n) is 3.23. The normalized spacial score (nSPS) is 12.1. The summed E-state index contributed by atoms with van der Waals surface area (Å²) >= 11 is 0. The Kier molecular flexibility index (Phi) is 4.33. The SMILES string of the molecule is Cc1ccc(C(C#N)N(C)Cc2ccccc2)cc1. The van der Waals surface area contributed by atoms with E-state index in [1.807, 2.05) is 37.4 Å². The van der Waals surface area contributed by atoms with Crippen molar-refractivity contribution in [2.75, 3.05) is 7.05 Å². The molecule has 1 atom stereocenters. The molecule has 2 aromatic rings. The van der Waals surface area contributed by atoms with Crippen LogP contribution in [0.25, 0.3) is 0 Å². The molecule has 2 heteroatoms. The molecule has 0 spiro atoms. The van der Waals surface area contributed by atoms with E-state index in [0.29, 0.717) is 0 Å². The first kappa shape index (κ1) is 13.3. The van der Waals surface area contributed by atoms with Gasteiger partial charge in [-0.1, -0.05) is 60.2 Å². The van der Waals surface area contributed by atoms with E-state index in [9.17, 15) is 5.26 Å². The first-order valence-corrected chi connectivity index (χ1v) is 6.41. The maximum Gasteiger partial charge on any atom is 0.123 e. The molecule has 0 aromatic heterocycles. The second kappa shape index (κ2) is 6.17. The molecule has 2 aromatic carbocycles. The molecular formula is C17H18N2. The number of benzene rings is 2. The molecule has 2 nitrogen and oxygen atoms in total. The van der Waals surface area contributed by atoms with Gasteiger partial charge in [0, 0.05) is 6.54 Å². The zero-order valence-electron chi connectivity index (χ0n) is 11.4. The maximum atomic E-state index is 9.41. The number of nitrogens with zero attached hydrogens (tertiary/aromatic N) is 2. The molecule has 19 heavy (non-hydrogen) atoms. The van der Waals surface area contributed by atoms with Gasteiger partial charge in [-0.05, 0) is 25.1 Å². The van der Waals surface area contributed by atoms with Gasteiger partial charge in [0.1, 0.15) is 6.04 Å². The average Bonchev–Trinajstić information content (AvgIpc) is 2.43. The quantitative estimate of drug-likeness (QED) is 0.827. The second-order valence-electron chi connectivity index (χ2n) is 4.84. The second-order valence-corrected chi connectivity index (χ2v) is 4.84. The Labute approximate surface area is 114 Å². The van der Waals surface area contributed by atoms with E-state index >= 15 is 0 Å². The summed E-state index contributed by atoms with van der Waals surface area (Å²) in [5.74, 6) is 0. The first-order chi connectivity index (χ1) is 9.20. The highest BCUT2D eigenvalue weighted by molar-refractivity contribution is 5.28. The van der Waals surface area contributed by atoms with Gasteiger partial charge in [0.05, 0.1) is 6.07 Å². The topological polar surface area (TPSA) is 27.0 Å². The van der Waals surface area contributed by atoms with Crippen LogP contribution in [-0.2, 0) is 6.54 Å². The Bertz CT molecular complexity index is 552. The Balaban J connectivity index is 2.14. The Morgan fingerprint density at radius 2 is 1.68 bits per heavy atom. The van der Waals surface area contributed by atoms with E-state index in [-0.39, 0.29) is 6.04 Å². The van der Waals surface area contributed by atoms with Gasteiger partial charge in [-0.25, -0.2) is 0 Å². The molecule has 96 valence electrons. The molecule has 0 aliphatic carbocycles. The van der Waals surface area contributed by atoms with Crippen molar-refractivity contribution < 1.29 is 0 Å². The van der Waals surface area contributed by atoms with Crippen LogP contribution in [0.2, 0.25) is 0 Å². The molecular weight excluding hydrogens is 232 g/mol. The van der Waals surface area contributed by atoms with Crippen LogP contribution in [0.15, 0.2) is 54.6 Å². The summed E-state index contributed by atoms with van der Waals surface area (Å²) in [5.41, 5.74) is 3.48. The molecule has 2 rings (SSSR count). The standard InChI is InChI=1S/C17H18N2/c1-14-8-10-16(11-9-14)17(12-18)19(2)13-15-6-4-3-5-7-15/h3-11,17H,13H2,1-2H3. The number of hydrogen-bond donors (Lipinski definition) is 0. The third kappa shape index (κ3) is 3.43. The van der Waals surface area contributed by atoms with Crippen molar-refractivity contribution in [3.8, 4) is 6.07 Å². The van der Waals surface area contributed by atoms with Gasteiger partial charge in [-0.15, -0.1) is 0 Å². The van der Waals surface area contributed by atoms with Crippen LogP contribution in [0.1, 0.15) is 22.7 Å². The molecule has 0 aliphatic rings. The molecule has 0 radical (unpaired) electrons. The molecule has 1 unspecified atom stereocenters. The summed E-state index contributed by atoms with van der Waals surface area (Å²) in [6.45, 7) is 2.83. The number of nitriles is 1. The minimum atomic E-state index is -0.208. The van der Waals surface area contributed by atoms with Crippen LogP contribution in [0.3, 0.4) is 0 Å². The monoisotopic (exact) mass is 250 g/mol. The minimum Gasteiger partial charge on any atom is -0.283 e. The van der Waals surface area contributed by atoms with E-state index in [0.717, 1.165) is 12.1 Å². The lowest BCUT2D eigenvalue weighted by Gasteiger charge is -2.23. The van der Waals surface area contributed by atoms with Crippen molar-refractivity contribution in [1.82, 2.24) is 4.90 Å². The van der Waals surface area contributed by atoms with Crippen molar-refractivity contribution in [3.05, 3.63) is 71.3 Å². The van der Waals surface area contributed by atoms with Crippen LogP contribution < -0.4 is 0 Å².